The van der Waals surface area contributed by atoms with Crippen LogP contribution in [0.25, 0.3) is 0 Å². The molecule has 1 saturated heterocycles. The van der Waals surface area contributed by atoms with Crippen LogP contribution in [0.3, 0.4) is 0 Å². The molecule has 0 aromatic carbocycles. The van der Waals surface area contributed by atoms with E-state index in [1.165, 1.54) is 7.11 Å². The quantitative estimate of drug-likeness (QED) is 0.469. The van der Waals surface area contributed by atoms with E-state index in [9.17, 15) is 14.7 Å². The third-order valence-electron chi connectivity index (χ3n) is 2.65. The van der Waals surface area contributed by atoms with Crippen molar-refractivity contribution >= 4 is 12.4 Å². The zero-order valence-corrected chi connectivity index (χ0v) is 9.46. The number of hydrogen-bond donors (Lipinski definition) is 1. The summed E-state index contributed by atoms with van der Waals surface area (Å²) in [6.45, 7) is 3.26. The van der Waals surface area contributed by atoms with Crippen LogP contribution in [0.15, 0.2) is 0 Å². The second kappa shape index (κ2) is 6.44. The number of β-amino-alcohol motifs (C(OH)–C–C–N with tert-alkyl or cyclic N) is 1. The van der Waals surface area contributed by atoms with Gasteiger partial charge < -0.3 is 14.7 Å². The summed E-state index contributed by atoms with van der Waals surface area (Å²) in [5, 5.41) is 9.60. The molecule has 1 aliphatic heterocycles. The van der Waals surface area contributed by atoms with Gasteiger partial charge in [-0.05, 0) is 0 Å². The van der Waals surface area contributed by atoms with Crippen LogP contribution in [0.2, 0.25) is 0 Å². The number of aliphatic hydroxyl groups excluding tert-OH is 1. The lowest BCUT2D eigenvalue weighted by Gasteiger charge is -2.33. The highest BCUT2D eigenvalue weighted by atomic mass is 16.5. The van der Waals surface area contributed by atoms with E-state index < -0.39 is 12.1 Å². The Morgan fingerprint density at radius 3 is 2.56 bits per heavy atom. The largest absolute Gasteiger partial charge is 0.469 e. The van der Waals surface area contributed by atoms with E-state index in [4.69, 9.17) is 0 Å². The minimum Gasteiger partial charge on any atom is -0.469 e. The zero-order valence-electron chi connectivity index (χ0n) is 9.46. The lowest BCUT2D eigenvalue weighted by molar-refractivity contribution is -0.143. The minimum absolute atomic E-state index is 0.0182. The number of nitrogens with zero attached hydrogens (tertiary/aromatic N) is 2. The van der Waals surface area contributed by atoms with Gasteiger partial charge in [-0.15, -0.1) is 0 Å². The van der Waals surface area contributed by atoms with Gasteiger partial charge in [0.05, 0.1) is 19.6 Å². The van der Waals surface area contributed by atoms with Crippen LogP contribution < -0.4 is 0 Å². The van der Waals surface area contributed by atoms with Gasteiger partial charge in [-0.2, -0.15) is 0 Å². The molecule has 1 fully saturated rings. The molecule has 0 spiro atoms. The molecule has 1 aliphatic rings. The van der Waals surface area contributed by atoms with E-state index in [0.717, 1.165) is 19.5 Å². The first-order chi connectivity index (χ1) is 7.65. The summed E-state index contributed by atoms with van der Waals surface area (Å²) < 4.78 is 4.47. The third kappa shape index (κ3) is 4.16. The highest BCUT2D eigenvalue weighted by molar-refractivity contribution is 5.69. The van der Waals surface area contributed by atoms with Crippen LogP contribution in [-0.4, -0.2) is 73.2 Å². The molecule has 0 aromatic rings. The molecule has 6 nitrogen and oxygen atoms in total. The Labute approximate surface area is 94.8 Å². The molecule has 92 valence electrons. The molecule has 1 amide bonds. The third-order valence-corrected chi connectivity index (χ3v) is 2.65. The molecule has 6 heteroatoms. The Bertz CT molecular complexity index is 239. The summed E-state index contributed by atoms with van der Waals surface area (Å²) >= 11 is 0. The molecular formula is C10H18N2O4. The van der Waals surface area contributed by atoms with E-state index >= 15 is 0 Å². The predicted molar refractivity (Wildman–Crippen MR) is 56.7 cm³/mol. The molecule has 0 bridgehead atoms. The molecule has 0 saturated carbocycles. The van der Waals surface area contributed by atoms with Gasteiger partial charge in [0.25, 0.3) is 0 Å². The molecule has 16 heavy (non-hydrogen) atoms. The number of methoxy groups -OCH3 is 1. The van der Waals surface area contributed by atoms with E-state index in [1.807, 2.05) is 4.90 Å². The highest BCUT2D eigenvalue weighted by Gasteiger charge is 2.19. The summed E-state index contributed by atoms with van der Waals surface area (Å²) in [7, 11) is 1.30. The van der Waals surface area contributed by atoms with E-state index in [0.29, 0.717) is 19.6 Å². The Balaban J connectivity index is 2.22. The van der Waals surface area contributed by atoms with Crippen molar-refractivity contribution in [2.45, 2.75) is 12.5 Å². The number of amides is 1. The number of ether oxygens (including phenoxy) is 1. The standard InChI is InChI=1S/C10H18N2O4/c1-16-10(15)6-9(14)7-11-2-4-12(8-13)5-3-11/h8-9,14H,2-7H2,1H3. The fourth-order valence-corrected chi connectivity index (χ4v) is 1.69. The van der Waals surface area contributed by atoms with Gasteiger partial charge in [0, 0.05) is 32.7 Å². The molecule has 0 aromatic heterocycles. The van der Waals surface area contributed by atoms with Gasteiger partial charge in [-0.3, -0.25) is 14.5 Å². The number of carbonyl (C=O) groups excluding carboxylic acids is 2. The summed E-state index contributed by atoms with van der Waals surface area (Å²) in [4.78, 5) is 25.1. The van der Waals surface area contributed by atoms with Gasteiger partial charge >= 0.3 is 5.97 Å². The molecular weight excluding hydrogens is 212 g/mol. The molecule has 1 atom stereocenters. The smallest absolute Gasteiger partial charge is 0.308 e. The summed E-state index contributed by atoms with van der Waals surface area (Å²) in [6, 6.07) is 0. The maximum Gasteiger partial charge on any atom is 0.308 e. The van der Waals surface area contributed by atoms with Crippen molar-refractivity contribution < 1.29 is 19.4 Å². The molecule has 1 rings (SSSR count). The van der Waals surface area contributed by atoms with Crippen molar-refractivity contribution in [3.63, 3.8) is 0 Å². The van der Waals surface area contributed by atoms with E-state index in [2.05, 4.69) is 4.74 Å². The van der Waals surface area contributed by atoms with Crippen LogP contribution >= 0.6 is 0 Å². The monoisotopic (exact) mass is 230 g/mol. The number of piperazine rings is 1. The maximum absolute atomic E-state index is 10.9. The van der Waals surface area contributed by atoms with E-state index in [1.54, 1.807) is 4.90 Å². The van der Waals surface area contributed by atoms with Crippen molar-refractivity contribution in [2.75, 3.05) is 39.8 Å². The number of hydrogen-bond acceptors (Lipinski definition) is 5. The minimum atomic E-state index is -0.699. The van der Waals surface area contributed by atoms with Gasteiger partial charge in [-0.1, -0.05) is 0 Å². The van der Waals surface area contributed by atoms with Crippen molar-refractivity contribution in [2.24, 2.45) is 0 Å². The fraction of sp³-hybridized carbons (Fsp3) is 0.800. The van der Waals surface area contributed by atoms with Crippen molar-refractivity contribution in [1.82, 2.24) is 9.80 Å². The normalized spacial score (nSPS) is 19.2. The molecule has 1 heterocycles. The van der Waals surface area contributed by atoms with Crippen LogP contribution in [0.1, 0.15) is 6.42 Å². The van der Waals surface area contributed by atoms with Crippen molar-refractivity contribution in [3.05, 3.63) is 0 Å². The maximum atomic E-state index is 10.9. The Hall–Kier alpha value is -1.14. The van der Waals surface area contributed by atoms with Crippen LogP contribution in [-0.2, 0) is 14.3 Å². The lowest BCUT2D eigenvalue weighted by Crippen LogP contribution is -2.48. The van der Waals surface area contributed by atoms with Gasteiger partial charge in [0.15, 0.2) is 0 Å². The van der Waals surface area contributed by atoms with Crippen LogP contribution in [0.4, 0.5) is 0 Å². The molecule has 0 radical (unpaired) electrons. The summed E-state index contributed by atoms with van der Waals surface area (Å²) in [5.74, 6) is -0.404. The Morgan fingerprint density at radius 2 is 2.06 bits per heavy atom. The topological polar surface area (TPSA) is 70.1 Å². The van der Waals surface area contributed by atoms with Crippen LogP contribution in [0.5, 0.6) is 0 Å². The number of esters is 1. The second-order valence-corrected chi connectivity index (χ2v) is 3.88. The van der Waals surface area contributed by atoms with Gasteiger partial charge in [0.2, 0.25) is 6.41 Å². The molecule has 1 N–H and O–H groups in total. The Kier molecular flexibility index (Phi) is 5.21. The first-order valence-electron chi connectivity index (χ1n) is 5.32. The highest BCUT2D eigenvalue weighted by Crippen LogP contribution is 2.03. The van der Waals surface area contributed by atoms with Crippen LogP contribution in [0, 0.1) is 0 Å². The number of rotatable bonds is 5. The van der Waals surface area contributed by atoms with E-state index in [-0.39, 0.29) is 6.42 Å². The number of aliphatic hydroxyl groups is 1. The zero-order chi connectivity index (χ0) is 12.0. The van der Waals surface area contributed by atoms with Crippen molar-refractivity contribution in [3.8, 4) is 0 Å². The lowest BCUT2D eigenvalue weighted by atomic mass is 10.2. The van der Waals surface area contributed by atoms with Gasteiger partial charge in [-0.25, -0.2) is 0 Å². The van der Waals surface area contributed by atoms with Gasteiger partial charge in [0.1, 0.15) is 0 Å². The first-order valence-corrected chi connectivity index (χ1v) is 5.32. The summed E-state index contributed by atoms with van der Waals surface area (Å²) in [6.07, 6.45) is 0.155. The first kappa shape index (κ1) is 12.9. The second-order valence-electron chi connectivity index (χ2n) is 3.88. The fourth-order valence-electron chi connectivity index (χ4n) is 1.69. The van der Waals surface area contributed by atoms with Crippen molar-refractivity contribution in [1.29, 1.82) is 0 Å². The average molecular weight is 230 g/mol. The molecule has 1 unspecified atom stereocenters. The SMILES string of the molecule is COC(=O)CC(O)CN1CCN(C=O)CC1. The number of carbonyl (C=O) groups is 2. The predicted octanol–water partition coefficient (Wildman–Crippen LogP) is -1.32. The Morgan fingerprint density at radius 1 is 1.44 bits per heavy atom. The average Bonchev–Trinajstić information content (AvgIpc) is 2.29. The summed E-state index contributed by atoms with van der Waals surface area (Å²) in [5.41, 5.74) is 0. The molecule has 0 aliphatic carbocycles.